The SMILES string of the molecule is CC(NC(=O)C1CCN(S(=O)(=O)c2ccc(C#N)cc2)CC1)c1ccc2c(c1)OCCO2. The van der Waals surface area contributed by atoms with E-state index < -0.39 is 10.0 Å². The molecule has 0 spiro atoms. The first-order valence-corrected chi connectivity index (χ1v) is 12.0. The van der Waals surface area contributed by atoms with Crippen molar-refractivity contribution in [2.24, 2.45) is 5.92 Å². The lowest BCUT2D eigenvalue weighted by atomic mass is 9.96. The van der Waals surface area contributed by atoms with Gasteiger partial charge in [0.2, 0.25) is 15.9 Å². The molecule has 1 N–H and O–H groups in total. The van der Waals surface area contributed by atoms with Gasteiger partial charge in [0.1, 0.15) is 13.2 Å². The third kappa shape index (κ3) is 4.56. The second-order valence-corrected chi connectivity index (χ2v) is 9.89. The summed E-state index contributed by atoms with van der Waals surface area (Å²) >= 11 is 0. The van der Waals surface area contributed by atoms with Crippen molar-refractivity contribution in [2.75, 3.05) is 26.3 Å². The van der Waals surface area contributed by atoms with Crippen molar-refractivity contribution in [1.82, 2.24) is 9.62 Å². The van der Waals surface area contributed by atoms with Gasteiger partial charge in [-0.05, 0) is 61.7 Å². The lowest BCUT2D eigenvalue weighted by Gasteiger charge is -2.31. The number of nitriles is 1. The Morgan fingerprint density at radius 3 is 2.41 bits per heavy atom. The fourth-order valence-electron chi connectivity index (χ4n) is 3.95. The molecule has 2 aliphatic rings. The van der Waals surface area contributed by atoms with Crippen LogP contribution in [0.3, 0.4) is 0 Å². The highest BCUT2D eigenvalue weighted by atomic mass is 32.2. The van der Waals surface area contributed by atoms with E-state index in [0.717, 1.165) is 5.56 Å². The van der Waals surface area contributed by atoms with Gasteiger partial charge in [0.25, 0.3) is 0 Å². The van der Waals surface area contributed by atoms with Crippen molar-refractivity contribution in [1.29, 1.82) is 5.26 Å². The third-order valence-electron chi connectivity index (χ3n) is 5.87. The molecule has 0 bridgehead atoms. The van der Waals surface area contributed by atoms with Gasteiger partial charge in [-0.1, -0.05) is 6.07 Å². The summed E-state index contributed by atoms with van der Waals surface area (Å²) in [5.41, 5.74) is 1.33. The van der Waals surface area contributed by atoms with E-state index >= 15 is 0 Å². The highest BCUT2D eigenvalue weighted by Gasteiger charge is 2.32. The van der Waals surface area contributed by atoms with Crippen LogP contribution in [0, 0.1) is 17.2 Å². The summed E-state index contributed by atoms with van der Waals surface area (Å²) in [6.07, 6.45) is 0.907. The number of carbonyl (C=O) groups is 1. The summed E-state index contributed by atoms with van der Waals surface area (Å²) in [5.74, 6) is 1.05. The summed E-state index contributed by atoms with van der Waals surface area (Å²) in [6, 6.07) is 13.3. The fraction of sp³-hybridized carbons (Fsp3) is 0.391. The molecule has 1 saturated heterocycles. The summed E-state index contributed by atoms with van der Waals surface area (Å²) in [6.45, 7) is 3.49. The molecular weight excluding hydrogens is 430 g/mol. The molecule has 168 valence electrons. The monoisotopic (exact) mass is 455 g/mol. The molecule has 2 aromatic carbocycles. The van der Waals surface area contributed by atoms with E-state index in [2.05, 4.69) is 5.32 Å². The number of piperidine rings is 1. The van der Waals surface area contributed by atoms with Crippen LogP contribution in [0.1, 0.15) is 36.9 Å². The second-order valence-electron chi connectivity index (χ2n) is 7.95. The van der Waals surface area contributed by atoms with Crippen LogP contribution in [-0.2, 0) is 14.8 Å². The number of benzene rings is 2. The minimum atomic E-state index is -3.64. The van der Waals surface area contributed by atoms with Gasteiger partial charge in [0.05, 0.1) is 22.6 Å². The Kier molecular flexibility index (Phi) is 6.35. The first-order chi connectivity index (χ1) is 15.4. The molecule has 8 nitrogen and oxygen atoms in total. The number of fused-ring (bicyclic) bond motifs is 1. The van der Waals surface area contributed by atoms with Crippen LogP contribution >= 0.6 is 0 Å². The summed E-state index contributed by atoms with van der Waals surface area (Å²) < 4.78 is 38.3. The molecule has 1 atom stereocenters. The molecule has 32 heavy (non-hydrogen) atoms. The third-order valence-corrected chi connectivity index (χ3v) is 7.78. The largest absolute Gasteiger partial charge is 0.486 e. The first kappa shape index (κ1) is 22.1. The number of hydrogen-bond donors (Lipinski definition) is 1. The standard InChI is InChI=1S/C23H25N3O5S/c1-16(19-4-7-21-22(14-19)31-13-12-30-21)25-23(27)18-8-10-26(11-9-18)32(28,29)20-5-2-17(15-24)3-6-20/h2-7,14,16,18H,8-13H2,1H3,(H,25,27). The normalized spacial score (nSPS) is 17.9. The first-order valence-electron chi connectivity index (χ1n) is 10.6. The van der Waals surface area contributed by atoms with Gasteiger partial charge in [-0.3, -0.25) is 4.79 Å². The Labute approximate surface area is 187 Å². The molecule has 0 aromatic heterocycles. The maximum atomic E-state index is 12.9. The zero-order valence-corrected chi connectivity index (χ0v) is 18.6. The van der Waals surface area contributed by atoms with Gasteiger partial charge in [0, 0.05) is 19.0 Å². The van der Waals surface area contributed by atoms with Crippen molar-refractivity contribution in [3.05, 3.63) is 53.6 Å². The number of amides is 1. The maximum Gasteiger partial charge on any atom is 0.243 e. The molecule has 9 heteroatoms. The van der Waals surface area contributed by atoms with Crippen LogP contribution in [-0.4, -0.2) is 44.9 Å². The molecule has 2 heterocycles. The summed E-state index contributed by atoms with van der Waals surface area (Å²) in [4.78, 5) is 13.0. The minimum absolute atomic E-state index is 0.0807. The Morgan fingerprint density at radius 2 is 1.75 bits per heavy atom. The average Bonchev–Trinajstić information content (AvgIpc) is 2.83. The summed E-state index contributed by atoms with van der Waals surface area (Å²) in [7, 11) is -3.64. The molecule has 0 aliphatic carbocycles. The number of carbonyl (C=O) groups excluding carboxylic acids is 1. The Bertz CT molecular complexity index is 1130. The van der Waals surface area contributed by atoms with Crippen LogP contribution in [0.2, 0.25) is 0 Å². The van der Waals surface area contributed by atoms with Gasteiger partial charge in [-0.15, -0.1) is 0 Å². The number of sulfonamides is 1. The zero-order valence-electron chi connectivity index (χ0n) is 17.8. The van der Waals surface area contributed by atoms with Crippen LogP contribution in [0.4, 0.5) is 0 Å². The Morgan fingerprint density at radius 1 is 1.09 bits per heavy atom. The molecule has 1 amide bonds. The van der Waals surface area contributed by atoms with Gasteiger partial charge >= 0.3 is 0 Å². The van der Waals surface area contributed by atoms with Crippen molar-refractivity contribution in [3.63, 3.8) is 0 Å². The van der Waals surface area contributed by atoms with E-state index in [4.69, 9.17) is 14.7 Å². The number of ether oxygens (including phenoxy) is 2. The molecule has 0 radical (unpaired) electrons. The highest BCUT2D eigenvalue weighted by molar-refractivity contribution is 7.89. The van der Waals surface area contributed by atoms with Gasteiger partial charge in [0.15, 0.2) is 11.5 Å². The number of rotatable bonds is 5. The van der Waals surface area contributed by atoms with Crippen molar-refractivity contribution < 1.29 is 22.7 Å². The zero-order chi connectivity index (χ0) is 22.7. The smallest absolute Gasteiger partial charge is 0.243 e. The highest BCUT2D eigenvalue weighted by Crippen LogP contribution is 2.33. The number of nitrogens with one attached hydrogen (secondary N) is 1. The topological polar surface area (TPSA) is 109 Å². The fourth-order valence-corrected chi connectivity index (χ4v) is 5.42. The van der Waals surface area contributed by atoms with E-state index in [1.807, 2.05) is 31.2 Å². The van der Waals surface area contributed by atoms with E-state index in [1.165, 1.54) is 28.6 Å². The Hall–Kier alpha value is -3.09. The molecule has 4 rings (SSSR count). The molecule has 0 saturated carbocycles. The number of nitrogens with zero attached hydrogens (tertiary/aromatic N) is 2. The Balaban J connectivity index is 1.34. The van der Waals surface area contributed by atoms with Crippen LogP contribution in [0.25, 0.3) is 0 Å². The lowest BCUT2D eigenvalue weighted by Crippen LogP contribution is -2.43. The van der Waals surface area contributed by atoms with Gasteiger partial charge in [-0.25, -0.2) is 8.42 Å². The predicted octanol–water partition coefficient (Wildman–Crippen LogP) is 2.61. The van der Waals surface area contributed by atoms with Crippen LogP contribution < -0.4 is 14.8 Å². The van der Waals surface area contributed by atoms with E-state index in [-0.39, 0.29) is 35.9 Å². The average molecular weight is 456 g/mol. The van der Waals surface area contributed by atoms with Crippen molar-refractivity contribution in [2.45, 2.75) is 30.7 Å². The quantitative estimate of drug-likeness (QED) is 0.742. The van der Waals surface area contributed by atoms with Crippen molar-refractivity contribution >= 4 is 15.9 Å². The molecule has 2 aliphatic heterocycles. The van der Waals surface area contributed by atoms with Crippen LogP contribution in [0.5, 0.6) is 11.5 Å². The minimum Gasteiger partial charge on any atom is -0.486 e. The van der Waals surface area contributed by atoms with Gasteiger partial charge in [-0.2, -0.15) is 9.57 Å². The van der Waals surface area contributed by atoms with E-state index in [9.17, 15) is 13.2 Å². The van der Waals surface area contributed by atoms with Crippen LogP contribution in [0.15, 0.2) is 47.4 Å². The van der Waals surface area contributed by atoms with E-state index in [1.54, 1.807) is 0 Å². The second kappa shape index (κ2) is 9.18. The van der Waals surface area contributed by atoms with Gasteiger partial charge < -0.3 is 14.8 Å². The molecule has 1 unspecified atom stereocenters. The maximum absolute atomic E-state index is 12.9. The van der Waals surface area contributed by atoms with Crippen molar-refractivity contribution in [3.8, 4) is 17.6 Å². The predicted molar refractivity (Wildman–Crippen MR) is 117 cm³/mol. The lowest BCUT2D eigenvalue weighted by molar-refractivity contribution is -0.126. The van der Waals surface area contributed by atoms with E-state index in [0.29, 0.717) is 43.1 Å². The number of hydrogen-bond acceptors (Lipinski definition) is 6. The molecule has 1 fully saturated rings. The summed E-state index contributed by atoms with van der Waals surface area (Å²) in [5, 5.41) is 11.9. The molecule has 2 aromatic rings. The molecular formula is C23H25N3O5S.